The number of carbonyl (C=O) groups excluding carboxylic acids is 2. The molecule has 1 aromatic heterocycles. The highest BCUT2D eigenvalue weighted by molar-refractivity contribution is 6.30. The van der Waals surface area contributed by atoms with Crippen LogP contribution in [0.25, 0.3) is 0 Å². The zero-order valence-corrected chi connectivity index (χ0v) is 14.9. The number of rotatable bonds is 3. The third-order valence-corrected chi connectivity index (χ3v) is 5.08. The predicted octanol–water partition coefficient (Wildman–Crippen LogP) is 3.17. The quantitative estimate of drug-likeness (QED) is 0.837. The molecule has 2 aliphatic heterocycles. The van der Waals surface area contributed by atoms with Crippen LogP contribution in [0, 0.1) is 5.92 Å². The molecule has 4 rings (SSSR count). The average Bonchev–Trinajstić information content (AvgIpc) is 3.13. The highest BCUT2D eigenvalue weighted by Crippen LogP contribution is 2.32. The van der Waals surface area contributed by atoms with Gasteiger partial charge < -0.3 is 19.4 Å². The lowest BCUT2D eigenvalue weighted by molar-refractivity contribution is 0.0646. The van der Waals surface area contributed by atoms with Gasteiger partial charge >= 0.3 is 0 Å². The molecule has 1 N–H and O–H groups in total. The molecule has 1 fully saturated rings. The molecule has 0 unspecified atom stereocenters. The van der Waals surface area contributed by atoms with Crippen LogP contribution in [-0.4, -0.2) is 47.9 Å². The van der Waals surface area contributed by atoms with Crippen molar-refractivity contribution in [3.63, 3.8) is 0 Å². The second kappa shape index (κ2) is 7.03. The molecule has 1 aromatic carbocycles. The summed E-state index contributed by atoms with van der Waals surface area (Å²) in [5.74, 6) is 1.23. The Hall–Kier alpha value is -2.47. The topological polar surface area (TPSA) is 71.6 Å². The number of ketones is 1. The third kappa shape index (κ3) is 3.29. The number of hydrogen-bond acceptors (Lipinski definition) is 4. The molecule has 0 bridgehead atoms. The van der Waals surface area contributed by atoms with Gasteiger partial charge in [0.2, 0.25) is 0 Å². The van der Waals surface area contributed by atoms with Crippen molar-refractivity contribution in [1.29, 1.82) is 0 Å². The number of fused-ring (bicyclic) bond motifs is 1. The first kappa shape index (κ1) is 17.0. The van der Waals surface area contributed by atoms with Crippen LogP contribution >= 0.6 is 11.6 Å². The van der Waals surface area contributed by atoms with E-state index >= 15 is 0 Å². The van der Waals surface area contributed by atoms with E-state index in [0.717, 1.165) is 0 Å². The van der Waals surface area contributed by atoms with E-state index in [-0.39, 0.29) is 17.6 Å². The molecule has 0 spiro atoms. The van der Waals surface area contributed by atoms with Crippen molar-refractivity contribution < 1.29 is 19.1 Å². The lowest BCUT2D eigenvalue weighted by atomic mass is 9.88. The van der Waals surface area contributed by atoms with Crippen LogP contribution in [0.5, 0.6) is 11.5 Å². The Balaban J connectivity index is 1.40. The number of hydrogen-bond donors (Lipinski definition) is 1. The number of Topliss-reactive ketones (excluding diaryl/α,β-unsaturated/α-hetero) is 1. The maximum absolute atomic E-state index is 12.8. The molecular weight excluding hydrogens is 356 g/mol. The molecule has 0 radical (unpaired) electrons. The summed E-state index contributed by atoms with van der Waals surface area (Å²) >= 11 is 5.86. The number of nitrogens with zero attached hydrogens (tertiary/aromatic N) is 1. The maximum Gasteiger partial charge on any atom is 0.270 e. The molecule has 2 aromatic rings. The Morgan fingerprint density at radius 2 is 1.81 bits per heavy atom. The van der Waals surface area contributed by atoms with Crippen molar-refractivity contribution in [2.24, 2.45) is 5.92 Å². The lowest BCUT2D eigenvalue weighted by Crippen LogP contribution is -2.40. The lowest BCUT2D eigenvalue weighted by Gasteiger charge is -2.31. The first-order valence-corrected chi connectivity index (χ1v) is 9.06. The van der Waals surface area contributed by atoms with Crippen LogP contribution < -0.4 is 9.47 Å². The molecule has 3 heterocycles. The van der Waals surface area contributed by atoms with Crippen molar-refractivity contribution in [3.8, 4) is 11.5 Å². The van der Waals surface area contributed by atoms with Crippen molar-refractivity contribution >= 4 is 23.3 Å². The first-order chi connectivity index (χ1) is 12.6. The fourth-order valence-corrected chi connectivity index (χ4v) is 3.60. The van der Waals surface area contributed by atoms with Gasteiger partial charge in [0, 0.05) is 30.8 Å². The molecule has 2 aliphatic rings. The Morgan fingerprint density at radius 3 is 2.50 bits per heavy atom. The van der Waals surface area contributed by atoms with Crippen molar-refractivity contribution in [3.05, 3.63) is 46.7 Å². The number of amides is 1. The largest absolute Gasteiger partial charge is 0.486 e. The van der Waals surface area contributed by atoms with Gasteiger partial charge in [-0.1, -0.05) is 11.6 Å². The van der Waals surface area contributed by atoms with E-state index in [1.807, 2.05) is 0 Å². The molecule has 1 amide bonds. The zero-order valence-electron chi connectivity index (χ0n) is 14.2. The van der Waals surface area contributed by atoms with Gasteiger partial charge in [0.15, 0.2) is 17.3 Å². The normalized spacial score (nSPS) is 17.2. The number of ether oxygens (including phenoxy) is 2. The van der Waals surface area contributed by atoms with Crippen LogP contribution in [0.1, 0.15) is 33.7 Å². The minimum absolute atomic E-state index is 0.0814. The summed E-state index contributed by atoms with van der Waals surface area (Å²) in [7, 11) is 0. The summed E-state index contributed by atoms with van der Waals surface area (Å²) in [5.41, 5.74) is 1.11. The van der Waals surface area contributed by atoms with Crippen LogP contribution in [-0.2, 0) is 0 Å². The van der Waals surface area contributed by atoms with Gasteiger partial charge in [-0.3, -0.25) is 9.59 Å². The van der Waals surface area contributed by atoms with Gasteiger partial charge in [0.25, 0.3) is 5.91 Å². The summed E-state index contributed by atoms with van der Waals surface area (Å²) in [6.07, 6.45) is 2.88. The van der Waals surface area contributed by atoms with Gasteiger partial charge in [-0.05, 0) is 37.1 Å². The summed E-state index contributed by atoms with van der Waals surface area (Å²) in [4.78, 5) is 29.9. The second-order valence-corrected chi connectivity index (χ2v) is 6.96. The predicted molar refractivity (Wildman–Crippen MR) is 96.2 cm³/mol. The van der Waals surface area contributed by atoms with Crippen LogP contribution in [0.3, 0.4) is 0 Å². The molecule has 6 nitrogen and oxygen atoms in total. The monoisotopic (exact) mass is 374 g/mol. The minimum atomic E-state index is -0.0890. The molecule has 0 saturated carbocycles. The SMILES string of the molecule is O=C(c1ccc2c(c1)OCCO2)C1CCN(C(=O)c2cc(Cl)c[nH]2)CC1. The van der Waals surface area contributed by atoms with E-state index in [1.165, 1.54) is 0 Å². The van der Waals surface area contributed by atoms with Crippen LogP contribution in [0.2, 0.25) is 5.02 Å². The van der Waals surface area contributed by atoms with E-state index in [9.17, 15) is 9.59 Å². The number of aromatic amines is 1. The highest BCUT2D eigenvalue weighted by atomic mass is 35.5. The number of nitrogens with one attached hydrogen (secondary N) is 1. The summed E-state index contributed by atoms with van der Waals surface area (Å²) in [6, 6.07) is 6.95. The number of piperidine rings is 1. The van der Waals surface area contributed by atoms with Gasteiger partial charge in [-0.15, -0.1) is 0 Å². The van der Waals surface area contributed by atoms with E-state index < -0.39 is 0 Å². The van der Waals surface area contributed by atoms with Crippen molar-refractivity contribution in [1.82, 2.24) is 9.88 Å². The number of likely N-dealkylation sites (tertiary alicyclic amines) is 1. The molecule has 0 atom stereocenters. The maximum atomic E-state index is 12.8. The number of aromatic nitrogens is 1. The van der Waals surface area contributed by atoms with Gasteiger partial charge in [0.1, 0.15) is 18.9 Å². The van der Waals surface area contributed by atoms with E-state index in [0.29, 0.717) is 66.9 Å². The fraction of sp³-hybridized carbons (Fsp3) is 0.368. The standard InChI is InChI=1S/C19H19ClN2O4/c20-14-10-15(21-11-14)19(24)22-5-3-12(4-6-22)18(23)13-1-2-16-17(9-13)26-8-7-25-16/h1-2,9-12,21H,3-8H2. The fourth-order valence-electron chi connectivity index (χ4n) is 3.44. The second-order valence-electron chi connectivity index (χ2n) is 6.52. The molecule has 7 heteroatoms. The Morgan fingerprint density at radius 1 is 1.08 bits per heavy atom. The Kier molecular flexibility index (Phi) is 4.59. The van der Waals surface area contributed by atoms with Crippen LogP contribution in [0.15, 0.2) is 30.5 Å². The minimum Gasteiger partial charge on any atom is -0.486 e. The summed E-state index contributed by atoms with van der Waals surface area (Å²) in [6.45, 7) is 2.12. The van der Waals surface area contributed by atoms with Gasteiger partial charge in [-0.25, -0.2) is 0 Å². The average molecular weight is 375 g/mol. The van der Waals surface area contributed by atoms with E-state index in [4.69, 9.17) is 21.1 Å². The van der Waals surface area contributed by atoms with Crippen LogP contribution in [0.4, 0.5) is 0 Å². The molecule has 136 valence electrons. The van der Waals surface area contributed by atoms with E-state index in [1.54, 1.807) is 35.4 Å². The molecule has 26 heavy (non-hydrogen) atoms. The highest BCUT2D eigenvalue weighted by Gasteiger charge is 2.29. The van der Waals surface area contributed by atoms with Gasteiger partial charge in [-0.2, -0.15) is 0 Å². The molecular formula is C19H19ClN2O4. The van der Waals surface area contributed by atoms with Crippen molar-refractivity contribution in [2.45, 2.75) is 12.8 Å². The zero-order chi connectivity index (χ0) is 18.1. The third-order valence-electron chi connectivity index (χ3n) is 4.86. The Bertz CT molecular complexity index is 840. The first-order valence-electron chi connectivity index (χ1n) is 8.69. The number of carbonyl (C=O) groups is 2. The van der Waals surface area contributed by atoms with Gasteiger partial charge in [0.05, 0.1) is 5.02 Å². The Labute approximate surface area is 156 Å². The number of halogens is 1. The number of H-pyrrole nitrogens is 1. The number of benzene rings is 1. The van der Waals surface area contributed by atoms with Crippen molar-refractivity contribution in [2.75, 3.05) is 26.3 Å². The molecule has 1 saturated heterocycles. The molecule has 0 aliphatic carbocycles. The van der Waals surface area contributed by atoms with E-state index in [2.05, 4.69) is 4.98 Å². The summed E-state index contributed by atoms with van der Waals surface area (Å²) < 4.78 is 11.1. The smallest absolute Gasteiger partial charge is 0.270 e. The summed E-state index contributed by atoms with van der Waals surface area (Å²) in [5, 5.41) is 0.511.